The third-order valence-electron chi connectivity index (χ3n) is 6.05. The Morgan fingerprint density at radius 1 is 0.805 bits per heavy atom. The fourth-order valence-corrected chi connectivity index (χ4v) is 3.68. The van der Waals surface area contributed by atoms with E-state index >= 15 is 0 Å². The number of hydrogen-bond acceptors (Lipinski definition) is 9. The summed E-state index contributed by atoms with van der Waals surface area (Å²) in [5, 5.41) is 17.5. The van der Waals surface area contributed by atoms with E-state index in [2.05, 4.69) is 37.2 Å². The Kier molecular flexibility index (Phi) is 14.9. The maximum absolute atomic E-state index is 11.8. The number of ketones is 1. The van der Waals surface area contributed by atoms with Gasteiger partial charge in [-0.2, -0.15) is 5.26 Å². The molecule has 0 bridgehead atoms. The predicted octanol–water partition coefficient (Wildman–Crippen LogP) is 4.81. The number of allylic oxidation sites excluding steroid dienone is 2. The summed E-state index contributed by atoms with van der Waals surface area (Å²) in [5.41, 5.74) is 3.15. The molecule has 1 aromatic carbocycles. The number of benzene rings is 1. The minimum atomic E-state index is -0.317. The van der Waals surface area contributed by atoms with Crippen LogP contribution in [0, 0.1) is 22.2 Å². The van der Waals surface area contributed by atoms with Crippen molar-refractivity contribution in [1.29, 1.82) is 5.26 Å². The van der Waals surface area contributed by atoms with E-state index in [1.807, 2.05) is 51.2 Å². The van der Waals surface area contributed by atoms with Crippen LogP contribution >= 0.6 is 0 Å². The monoisotopic (exact) mass is 570 g/mol. The second kappa shape index (κ2) is 17.8. The van der Waals surface area contributed by atoms with E-state index in [4.69, 9.17) is 28.9 Å². The van der Waals surface area contributed by atoms with Crippen molar-refractivity contribution in [3.8, 4) is 11.8 Å². The molecule has 0 aliphatic heterocycles. The summed E-state index contributed by atoms with van der Waals surface area (Å²) >= 11 is 0. The van der Waals surface area contributed by atoms with Crippen LogP contribution in [0.1, 0.15) is 59.2 Å². The zero-order chi connectivity index (χ0) is 30.1. The van der Waals surface area contributed by atoms with Crippen molar-refractivity contribution in [3.63, 3.8) is 0 Å². The van der Waals surface area contributed by atoms with Gasteiger partial charge in [0.1, 0.15) is 11.5 Å². The average molecular weight is 571 g/mol. The topological polar surface area (TPSA) is 118 Å². The lowest BCUT2D eigenvalue weighted by atomic mass is 9.82. The van der Waals surface area contributed by atoms with E-state index in [1.54, 1.807) is 10.8 Å². The molecule has 0 spiro atoms. The Morgan fingerprint density at radius 3 is 1.80 bits per heavy atom. The number of nitrogens with zero attached hydrogens (tertiary/aromatic N) is 4. The van der Waals surface area contributed by atoms with Gasteiger partial charge in [-0.1, -0.05) is 58.9 Å². The van der Waals surface area contributed by atoms with Crippen molar-refractivity contribution in [2.75, 3.05) is 59.5 Å². The first kappa shape index (κ1) is 34.3. The second-order valence-electron chi connectivity index (χ2n) is 11.6. The Labute approximate surface area is 244 Å². The highest BCUT2D eigenvalue weighted by atomic mass is 16.6. The Morgan fingerprint density at radius 2 is 1.32 bits per heavy atom. The SMILES string of the molecule is CC(C)(C)C(=O)CCOCCOCCOCCOCCOCc1cn(-c2ccc(/C(=C\C#N)C(C)(C)C)cc2)nn1. The maximum atomic E-state index is 11.8. The summed E-state index contributed by atoms with van der Waals surface area (Å²) < 4.78 is 29.2. The molecule has 1 heterocycles. The van der Waals surface area contributed by atoms with Gasteiger partial charge in [-0.05, 0) is 28.7 Å². The summed E-state index contributed by atoms with van der Waals surface area (Å²) in [6.07, 6.45) is 3.87. The highest BCUT2D eigenvalue weighted by Crippen LogP contribution is 2.34. The van der Waals surface area contributed by atoms with E-state index < -0.39 is 0 Å². The van der Waals surface area contributed by atoms with Gasteiger partial charge < -0.3 is 23.7 Å². The zero-order valence-corrected chi connectivity index (χ0v) is 25.5. The van der Waals surface area contributed by atoms with Gasteiger partial charge in [-0.15, -0.1) is 5.10 Å². The minimum Gasteiger partial charge on any atom is -0.379 e. The van der Waals surface area contributed by atoms with Crippen molar-refractivity contribution < 1.29 is 28.5 Å². The quantitative estimate of drug-likeness (QED) is 0.173. The lowest BCUT2D eigenvalue weighted by Gasteiger charge is -2.22. The average Bonchev–Trinajstić information content (AvgIpc) is 3.39. The van der Waals surface area contributed by atoms with E-state index in [9.17, 15) is 4.79 Å². The second-order valence-corrected chi connectivity index (χ2v) is 11.6. The van der Waals surface area contributed by atoms with Crippen molar-refractivity contribution in [2.45, 2.75) is 54.6 Å². The molecular formula is C31H46N4O6. The van der Waals surface area contributed by atoms with E-state index in [0.29, 0.717) is 72.5 Å². The number of nitriles is 1. The summed E-state index contributed by atoms with van der Waals surface area (Å²) in [6.45, 7) is 16.5. The number of aromatic nitrogens is 3. The van der Waals surface area contributed by atoms with E-state index in [1.165, 1.54) is 0 Å². The highest BCUT2D eigenvalue weighted by Gasteiger charge is 2.20. The van der Waals surface area contributed by atoms with Crippen molar-refractivity contribution in [1.82, 2.24) is 15.0 Å². The van der Waals surface area contributed by atoms with Crippen LogP contribution < -0.4 is 0 Å². The standard InChI is InChI=1S/C31H46N4O6/c1-30(2,3)28(11-13-32)25-7-9-27(10-8-25)35-23-26(33-34-35)24-41-22-21-40-20-19-39-18-17-38-16-15-37-14-12-29(36)31(4,5)6/h7-11,23H,12,14-22,24H2,1-6H3/b28-11+. The fourth-order valence-electron chi connectivity index (χ4n) is 3.68. The van der Waals surface area contributed by atoms with E-state index in [-0.39, 0.29) is 16.6 Å². The van der Waals surface area contributed by atoms with Gasteiger partial charge in [0.05, 0.1) is 84.0 Å². The molecule has 0 atom stereocenters. The summed E-state index contributed by atoms with van der Waals surface area (Å²) in [6, 6.07) is 10.1. The number of carbonyl (C=O) groups is 1. The van der Waals surface area contributed by atoms with Crippen LogP contribution in [0.25, 0.3) is 11.3 Å². The van der Waals surface area contributed by atoms with Gasteiger partial charge in [-0.3, -0.25) is 4.79 Å². The summed E-state index contributed by atoms with van der Waals surface area (Å²) in [4.78, 5) is 11.8. The molecule has 0 amide bonds. The smallest absolute Gasteiger partial charge is 0.140 e. The largest absolute Gasteiger partial charge is 0.379 e. The molecule has 41 heavy (non-hydrogen) atoms. The molecule has 2 aromatic rings. The van der Waals surface area contributed by atoms with E-state index in [0.717, 1.165) is 22.5 Å². The molecule has 0 aliphatic carbocycles. The number of carbonyl (C=O) groups excluding carboxylic acids is 1. The van der Waals surface area contributed by atoms with Gasteiger partial charge >= 0.3 is 0 Å². The molecule has 10 nitrogen and oxygen atoms in total. The van der Waals surface area contributed by atoms with Gasteiger partial charge in [-0.25, -0.2) is 4.68 Å². The lowest BCUT2D eigenvalue weighted by Crippen LogP contribution is -2.22. The summed E-state index contributed by atoms with van der Waals surface area (Å²) in [5.74, 6) is 0.200. The fraction of sp³-hybridized carbons (Fsp3) is 0.613. The number of hydrogen-bond donors (Lipinski definition) is 0. The first-order valence-corrected chi connectivity index (χ1v) is 14.1. The first-order valence-electron chi connectivity index (χ1n) is 14.1. The zero-order valence-electron chi connectivity index (χ0n) is 25.5. The third kappa shape index (κ3) is 13.5. The maximum Gasteiger partial charge on any atom is 0.140 e. The first-order chi connectivity index (χ1) is 19.5. The van der Waals surface area contributed by atoms with Crippen molar-refractivity contribution in [2.24, 2.45) is 10.8 Å². The van der Waals surface area contributed by atoms with Crippen molar-refractivity contribution >= 4 is 11.4 Å². The molecule has 0 N–H and O–H groups in total. The normalized spacial score (nSPS) is 12.5. The number of ether oxygens (including phenoxy) is 5. The summed E-state index contributed by atoms with van der Waals surface area (Å²) in [7, 11) is 0. The molecule has 0 fully saturated rings. The van der Waals surface area contributed by atoms with Crippen LogP contribution in [-0.2, 0) is 35.1 Å². The molecule has 2 rings (SSSR count). The Hall–Kier alpha value is -2.94. The number of rotatable bonds is 19. The third-order valence-corrected chi connectivity index (χ3v) is 6.05. The van der Waals surface area contributed by atoms with Crippen LogP contribution in [0.4, 0.5) is 0 Å². The molecule has 226 valence electrons. The van der Waals surface area contributed by atoms with Crippen molar-refractivity contribution in [3.05, 3.63) is 47.8 Å². The Balaban J connectivity index is 1.49. The van der Waals surface area contributed by atoms with Crippen LogP contribution in [-0.4, -0.2) is 80.2 Å². The van der Waals surface area contributed by atoms with Crippen LogP contribution in [0.3, 0.4) is 0 Å². The van der Waals surface area contributed by atoms with Gasteiger partial charge in [0.2, 0.25) is 0 Å². The van der Waals surface area contributed by atoms with Gasteiger partial charge in [0, 0.05) is 17.9 Å². The van der Waals surface area contributed by atoms with Crippen LogP contribution in [0.2, 0.25) is 0 Å². The molecule has 1 aromatic heterocycles. The molecule has 0 saturated heterocycles. The molecule has 0 saturated carbocycles. The van der Waals surface area contributed by atoms with Gasteiger partial charge in [0.25, 0.3) is 0 Å². The molecule has 10 heteroatoms. The molecule has 0 unspecified atom stereocenters. The molecule has 0 radical (unpaired) electrons. The molecular weight excluding hydrogens is 524 g/mol. The Bertz CT molecular complexity index is 1110. The number of Topliss-reactive ketones (excluding diaryl/α,β-unsaturated/α-hetero) is 1. The van der Waals surface area contributed by atoms with Gasteiger partial charge in [0.15, 0.2) is 0 Å². The lowest BCUT2D eigenvalue weighted by molar-refractivity contribution is -0.127. The van der Waals surface area contributed by atoms with Crippen LogP contribution in [0.5, 0.6) is 0 Å². The minimum absolute atomic E-state index is 0.131. The predicted molar refractivity (Wildman–Crippen MR) is 156 cm³/mol. The molecule has 0 aliphatic rings. The van der Waals surface area contributed by atoms with Crippen LogP contribution in [0.15, 0.2) is 36.5 Å². The highest BCUT2D eigenvalue weighted by molar-refractivity contribution is 5.83.